The molecule has 0 fully saturated rings. The maximum absolute atomic E-state index is 13.9. The van der Waals surface area contributed by atoms with E-state index < -0.39 is 23.3 Å². The van der Waals surface area contributed by atoms with Gasteiger partial charge in [-0.1, -0.05) is 24.3 Å². The van der Waals surface area contributed by atoms with Crippen LogP contribution >= 0.6 is 15.9 Å². The van der Waals surface area contributed by atoms with Gasteiger partial charge in [-0.2, -0.15) is 0 Å². The molecule has 0 radical (unpaired) electrons. The van der Waals surface area contributed by atoms with E-state index in [2.05, 4.69) is 27.8 Å². The summed E-state index contributed by atoms with van der Waals surface area (Å²) in [6.45, 7) is 3.35. The number of halogens is 3. The largest absolute Gasteiger partial charge is 0.487 e. The third-order valence-electron chi connectivity index (χ3n) is 4.37. The van der Waals surface area contributed by atoms with Gasteiger partial charge < -0.3 is 14.0 Å². The average Bonchev–Trinajstić information content (AvgIpc) is 2.77. The minimum Gasteiger partial charge on any atom is -0.487 e. The Morgan fingerprint density at radius 3 is 2.56 bits per heavy atom. The number of nitrogens with zero attached hydrogens (tertiary/aromatic N) is 1. The van der Waals surface area contributed by atoms with Crippen LogP contribution in [0.1, 0.15) is 11.3 Å². The fourth-order valence-electron chi connectivity index (χ4n) is 2.81. The van der Waals surface area contributed by atoms with Crippen molar-refractivity contribution in [2.24, 2.45) is 0 Å². The van der Waals surface area contributed by atoms with E-state index in [0.29, 0.717) is 11.4 Å². The normalized spacial score (nSPS) is 10.5. The van der Waals surface area contributed by atoms with Crippen LogP contribution in [0.5, 0.6) is 5.75 Å². The number of nitrogens with one attached hydrogen (secondary N) is 1. The maximum atomic E-state index is 13.9. The van der Waals surface area contributed by atoms with E-state index >= 15 is 0 Å². The molecule has 0 saturated heterocycles. The van der Waals surface area contributed by atoms with Gasteiger partial charge in [-0.3, -0.25) is 10.1 Å². The Hall–Kier alpha value is -3.46. The summed E-state index contributed by atoms with van der Waals surface area (Å²) in [7, 11) is 0. The van der Waals surface area contributed by atoms with E-state index in [0.717, 1.165) is 12.1 Å². The maximum Gasteiger partial charge on any atom is 0.412 e. The van der Waals surface area contributed by atoms with E-state index in [1.165, 1.54) is 22.8 Å². The van der Waals surface area contributed by atoms with Crippen LogP contribution in [-0.2, 0) is 24.5 Å². The van der Waals surface area contributed by atoms with Crippen LogP contribution in [0.15, 0.2) is 76.5 Å². The second-order valence-electron chi connectivity index (χ2n) is 6.61. The van der Waals surface area contributed by atoms with Gasteiger partial charge in [0, 0.05) is 29.9 Å². The molecule has 0 saturated carbocycles. The smallest absolute Gasteiger partial charge is 0.412 e. The molecule has 0 atom stereocenters. The lowest BCUT2D eigenvalue weighted by atomic mass is 10.2. The van der Waals surface area contributed by atoms with Crippen LogP contribution in [0.3, 0.4) is 0 Å². The number of carbonyl (C=O) groups is 1. The predicted molar refractivity (Wildman–Crippen MR) is 120 cm³/mol. The van der Waals surface area contributed by atoms with Crippen LogP contribution in [0, 0.1) is 11.6 Å². The Kier molecular flexibility index (Phi) is 7.77. The Morgan fingerprint density at radius 1 is 1.12 bits per heavy atom. The van der Waals surface area contributed by atoms with Crippen molar-refractivity contribution in [2.45, 2.75) is 19.8 Å². The van der Waals surface area contributed by atoms with Crippen LogP contribution in [0.25, 0.3) is 0 Å². The summed E-state index contributed by atoms with van der Waals surface area (Å²) >= 11 is 3.20. The van der Waals surface area contributed by atoms with Crippen molar-refractivity contribution in [1.82, 2.24) is 4.57 Å². The summed E-state index contributed by atoms with van der Waals surface area (Å²) in [5, 5.41) is 2.58. The molecule has 1 N–H and O–H groups in total. The molecule has 166 valence electrons. The first-order valence-electron chi connectivity index (χ1n) is 9.47. The minimum atomic E-state index is -0.762. The van der Waals surface area contributed by atoms with Crippen LogP contribution in [0.4, 0.5) is 19.3 Å². The lowest BCUT2D eigenvalue weighted by Gasteiger charge is -2.16. The Morgan fingerprint density at radius 2 is 1.88 bits per heavy atom. The number of carbonyl (C=O) groups excluding carboxylic acids is 1. The molecule has 0 spiro atoms. The van der Waals surface area contributed by atoms with Crippen LogP contribution in [-0.4, -0.2) is 10.7 Å². The molecular weight excluding hydrogens is 486 g/mol. The lowest BCUT2D eigenvalue weighted by Crippen LogP contribution is -2.26. The first-order valence-corrected chi connectivity index (χ1v) is 10.3. The second kappa shape index (κ2) is 10.7. The molecule has 0 aliphatic carbocycles. The van der Waals surface area contributed by atoms with Gasteiger partial charge in [-0.15, -0.1) is 6.58 Å². The van der Waals surface area contributed by atoms with Gasteiger partial charge in [0.2, 0.25) is 0 Å². The molecular formula is C23H19BrF2N2O4. The molecule has 0 unspecified atom stereocenters. The van der Waals surface area contributed by atoms with Crippen molar-refractivity contribution in [1.29, 1.82) is 0 Å². The third-order valence-corrected chi connectivity index (χ3v) is 5.10. The first-order chi connectivity index (χ1) is 15.4. The highest BCUT2D eigenvalue weighted by molar-refractivity contribution is 9.10. The molecule has 2 aromatic carbocycles. The number of amides is 1. The van der Waals surface area contributed by atoms with Gasteiger partial charge in [0.05, 0.1) is 5.69 Å². The number of hydrogen-bond acceptors (Lipinski definition) is 4. The van der Waals surface area contributed by atoms with Gasteiger partial charge in [0.1, 0.15) is 35.1 Å². The predicted octanol–water partition coefficient (Wildman–Crippen LogP) is 5.40. The summed E-state index contributed by atoms with van der Waals surface area (Å²) in [4.78, 5) is 24.9. The number of allylic oxidation sites excluding steroid dienone is 1. The molecule has 1 amide bonds. The summed E-state index contributed by atoms with van der Waals surface area (Å²) in [5.74, 6) is -1.34. The molecule has 0 aliphatic heterocycles. The summed E-state index contributed by atoms with van der Waals surface area (Å²) in [6, 6.07) is 13.4. The molecule has 0 aliphatic rings. The lowest BCUT2D eigenvalue weighted by molar-refractivity contribution is 0.151. The van der Waals surface area contributed by atoms with Crippen molar-refractivity contribution in [3.8, 4) is 5.75 Å². The second-order valence-corrected chi connectivity index (χ2v) is 7.40. The van der Waals surface area contributed by atoms with Gasteiger partial charge >= 0.3 is 6.09 Å². The number of aromatic nitrogens is 1. The molecule has 9 heteroatoms. The number of anilines is 1. The molecule has 1 heterocycles. The summed E-state index contributed by atoms with van der Waals surface area (Å²) in [5.41, 5.74) is 0.579. The Labute approximate surface area is 191 Å². The highest BCUT2D eigenvalue weighted by Crippen LogP contribution is 2.25. The number of rotatable bonds is 8. The van der Waals surface area contributed by atoms with Gasteiger partial charge in [-0.05, 0) is 40.2 Å². The molecule has 0 bridgehead atoms. The highest BCUT2D eigenvalue weighted by Gasteiger charge is 2.16. The minimum absolute atomic E-state index is 0.111. The molecule has 6 nitrogen and oxygen atoms in total. The van der Waals surface area contributed by atoms with Crippen molar-refractivity contribution in [3.05, 3.63) is 105 Å². The monoisotopic (exact) mass is 504 g/mol. The van der Waals surface area contributed by atoms with Crippen LogP contribution in [0.2, 0.25) is 0 Å². The van der Waals surface area contributed by atoms with E-state index in [-0.39, 0.29) is 35.5 Å². The summed E-state index contributed by atoms with van der Waals surface area (Å²) in [6.07, 6.45) is 0.822. The van der Waals surface area contributed by atoms with E-state index in [9.17, 15) is 18.4 Å². The standard InChI is InChI=1S/C23H19BrF2N2O4/c1-2-10-28-18(14-32-23(30)27-17-6-4-3-5-7-17)12-20(21(24)22(28)29)31-13-15-8-9-16(25)11-19(15)26/h2-9,11-12H,1,10,13-14H2,(H,27,30). The molecule has 1 aromatic heterocycles. The average molecular weight is 505 g/mol. The Bertz CT molecular complexity index is 1180. The molecule has 3 aromatic rings. The SMILES string of the molecule is C=CCn1c(COC(=O)Nc2ccccc2)cc(OCc2ccc(F)cc2F)c(Br)c1=O. The van der Waals surface area contributed by atoms with Gasteiger partial charge in [0.15, 0.2) is 0 Å². The zero-order valence-electron chi connectivity index (χ0n) is 16.8. The van der Waals surface area contributed by atoms with Gasteiger partial charge in [-0.25, -0.2) is 13.6 Å². The van der Waals surface area contributed by atoms with Crippen molar-refractivity contribution in [3.63, 3.8) is 0 Å². The molecule has 32 heavy (non-hydrogen) atoms. The van der Waals surface area contributed by atoms with Gasteiger partial charge in [0.25, 0.3) is 5.56 Å². The Balaban J connectivity index is 1.79. The zero-order valence-corrected chi connectivity index (χ0v) is 18.4. The number of ether oxygens (including phenoxy) is 2. The number of para-hydroxylation sites is 1. The van der Waals surface area contributed by atoms with E-state index in [4.69, 9.17) is 9.47 Å². The van der Waals surface area contributed by atoms with E-state index in [1.807, 2.05) is 6.07 Å². The third kappa shape index (κ3) is 5.82. The number of hydrogen-bond donors (Lipinski definition) is 1. The quantitative estimate of drug-likeness (QED) is 0.417. The first kappa shape index (κ1) is 23.2. The fraction of sp³-hybridized carbons (Fsp3) is 0.130. The van der Waals surface area contributed by atoms with Crippen LogP contribution < -0.4 is 15.6 Å². The number of pyridine rings is 1. The van der Waals surface area contributed by atoms with Crippen molar-refractivity contribution in [2.75, 3.05) is 5.32 Å². The zero-order chi connectivity index (χ0) is 23.1. The molecule has 3 rings (SSSR count). The number of benzene rings is 2. The topological polar surface area (TPSA) is 69.6 Å². The fourth-order valence-corrected chi connectivity index (χ4v) is 3.25. The van der Waals surface area contributed by atoms with E-state index in [1.54, 1.807) is 24.3 Å². The van der Waals surface area contributed by atoms with Crippen molar-refractivity contribution >= 4 is 27.7 Å². The summed E-state index contributed by atoms with van der Waals surface area (Å²) < 4.78 is 39.3. The highest BCUT2D eigenvalue weighted by atomic mass is 79.9. The van der Waals surface area contributed by atoms with Crippen molar-refractivity contribution < 1.29 is 23.0 Å².